The van der Waals surface area contributed by atoms with E-state index in [1.165, 1.54) is 0 Å². The smallest absolute Gasteiger partial charge is 0.136 e. The lowest BCUT2D eigenvalue weighted by Crippen LogP contribution is -2.40. The lowest BCUT2D eigenvalue weighted by molar-refractivity contribution is 0.470. The second-order valence-corrected chi connectivity index (χ2v) is 9.87. The van der Waals surface area contributed by atoms with Gasteiger partial charge in [0.05, 0.1) is 6.07 Å². The zero-order valence-electron chi connectivity index (χ0n) is 15.0. The van der Waals surface area contributed by atoms with Gasteiger partial charge in [-0.05, 0) is 17.5 Å². The van der Waals surface area contributed by atoms with Crippen molar-refractivity contribution in [2.45, 2.75) is 11.8 Å². The van der Waals surface area contributed by atoms with Gasteiger partial charge in [0.1, 0.15) is 9.74 Å². The van der Waals surface area contributed by atoms with Crippen molar-refractivity contribution >= 4 is 39.1 Å². The topological polar surface area (TPSA) is 44.1 Å². The molecule has 2 aromatic carbocycles. The van der Waals surface area contributed by atoms with E-state index >= 15 is 0 Å². The van der Waals surface area contributed by atoms with Crippen LogP contribution in [0.15, 0.2) is 60.7 Å². The summed E-state index contributed by atoms with van der Waals surface area (Å²) in [7, 11) is -0.702. The van der Waals surface area contributed by atoms with E-state index in [1.807, 2.05) is 60.7 Å². The van der Waals surface area contributed by atoms with Gasteiger partial charge in [0.15, 0.2) is 0 Å². The molecule has 27 heavy (non-hydrogen) atoms. The van der Waals surface area contributed by atoms with Crippen LogP contribution in [0.4, 0.5) is 0 Å². The monoisotopic (exact) mass is 414 g/mol. The standard InChI is InChI=1S/C21H22N2OS3/c22-17-21(18-7-3-1-4-8-18,19-9-5-2-6-10-19)11-14-26-20(25)23-12-15-27(24)16-13-23/h1-10H,11-16H2. The van der Waals surface area contributed by atoms with E-state index < -0.39 is 16.2 Å². The summed E-state index contributed by atoms with van der Waals surface area (Å²) in [5.74, 6) is 2.14. The average Bonchev–Trinajstić information content (AvgIpc) is 2.73. The van der Waals surface area contributed by atoms with Gasteiger partial charge in [-0.1, -0.05) is 84.6 Å². The van der Waals surface area contributed by atoms with Crippen LogP contribution in [0.2, 0.25) is 0 Å². The molecule has 0 amide bonds. The van der Waals surface area contributed by atoms with E-state index in [1.54, 1.807) is 11.8 Å². The minimum Gasteiger partial charge on any atom is -0.356 e. The molecule has 1 fully saturated rings. The van der Waals surface area contributed by atoms with E-state index in [0.29, 0.717) is 17.9 Å². The number of hydrogen-bond donors (Lipinski definition) is 0. The van der Waals surface area contributed by atoms with Gasteiger partial charge in [0, 0.05) is 41.1 Å². The number of hydrogen-bond acceptors (Lipinski definition) is 4. The molecule has 2 aromatic rings. The molecule has 0 radical (unpaired) electrons. The molecule has 0 saturated carbocycles. The molecule has 3 rings (SSSR count). The van der Waals surface area contributed by atoms with Gasteiger partial charge >= 0.3 is 0 Å². The Balaban J connectivity index is 1.74. The molecule has 1 aliphatic heterocycles. The first-order valence-corrected chi connectivity index (χ1v) is 11.8. The van der Waals surface area contributed by atoms with Crippen molar-refractivity contribution in [3.8, 4) is 6.07 Å². The normalized spacial score (nSPS) is 15.3. The number of nitrogens with zero attached hydrogens (tertiary/aromatic N) is 2. The van der Waals surface area contributed by atoms with Crippen molar-refractivity contribution in [3.05, 3.63) is 71.8 Å². The van der Waals surface area contributed by atoms with E-state index in [2.05, 4.69) is 11.0 Å². The Bertz CT molecular complexity index is 784. The van der Waals surface area contributed by atoms with Gasteiger partial charge in [-0.15, -0.1) is 0 Å². The van der Waals surface area contributed by atoms with Crippen molar-refractivity contribution in [1.29, 1.82) is 5.26 Å². The highest BCUT2D eigenvalue weighted by atomic mass is 32.2. The van der Waals surface area contributed by atoms with Crippen LogP contribution in [0.1, 0.15) is 17.5 Å². The van der Waals surface area contributed by atoms with Gasteiger partial charge < -0.3 is 4.90 Å². The van der Waals surface area contributed by atoms with Crippen LogP contribution in [-0.4, -0.2) is 43.8 Å². The SMILES string of the molecule is N#CC(CCSC(=S)N1CCS(=O)CC1)(c1ccccc1)c1ccccc1. The van der Waals surface area contributed by atoms with Crippen LogP contribution in [-0.2, 0) is 16.2 Å². The second kappa shape index (κ2) is 9.50. The zero-order chi connectivity index (χ0) is 19.1. The number of thiocarbonyl (C=S) groups is 1. The average molecular weight is 415 g/mol. The van der Waals surface area contributed by atoms with Crippen molar-refractivity contribution in [1.82, 2.24) is 4.90 Å². The first-order valence-electron chi connectivity index (χ1n) is 8.95. The van der Waals surface area contributed by atoms with E-state index in [-0.39, 0.29) is 0 Å². The van der Waals surface area contributed by atoms with Crippen LogP contribution in [0.25, 0.3) is 0 Å². The summed E-state index contributed by atoms with van der Waals surface area (Å²) in [6.07, 6.45) is 0.683. The van der Waals surface area contributed by atoms with Gasteiger partial charge in [0.2, 0.25) is 0 Å². The molecule has 1 aliphatic rings. The molecule has 0 unspecified atom stereocenters. The molecule has 0 aromatic heterocycles. The maximum absolute atomic E-state index is 11.5. The lowest BCUT2D eigenvalue weighted by atomic mass is 9.74. The Morgan fingerprint density at radius 2 is 1.59 bits per heavy atom. The number of rotatable bonds is 5. The van der Waals surface area contributed by atoms with E-state index in [4.69, 9.17) is 12.2 Å². The van der Waals surface area contributed by atoms with Crippen LogP contribution < -0.4 is 0 Å². The van der Waals surface area contributed by atoms with E-state index in [0.717, 1.165) is 34.3 Å². The molecule has 0 atom stereocenters. The summed E-state index contributed by atoms with van der Waals surface area (Å²) < 4.78 is 12.4. The summed E-state index contributed by atoms with van der Waals surface area (Å²) in [4.78, 5) is 2.14. The van der Waals surface area contributed by atoms with E-state index in [9.17, 15) is 9.47 Å². The maximum Gasteiger partial charge on any atom is 0.136 e. The predicted molar refractivity (Wildman–Crippen MR) is 118 cm³/mol. The maximum atomic E-state index is 11.5. The Labute approximate surface area is 173 Å². The molecule has 6 heteroatoms. The number of thioether (sulfide) groups is 1. The molecular formula is C21H22N2OS3. The third kappa shape index (κ3) is 4.78. The summed E-state index contributed by atoms with van der Waals surface area (Å²) in [5, 5.41) is 10.2. The fourth-order valence-electron chi connectivity index (χ4n) is 3.29. The quantitative estimate of drug-likeness (QED) is 0.693. The van der Waals surface area contributed by atoms with Gasteiger partial charge in [0.25, 0.3) is 0 Å². The summed E-state index contributed by atoms with van der Waals surface area (Å²) in [5.41, 5.74) is 1.34. The minimum atomic E-state index is -0.702. The van der Waals surface area contributed by atoms with Crippen LogP contribution in [0.3, 0.4) is 0 Å². The summed E-state index contributed by atoms with van der Waals surface area (Å²) in [6.45, 7) is 1.53. The number of benzene rings is 2. The first kappa shape index (κ1) is 20.1. The molecule has 3 nitrogen and oxygen atoms in total. The Morgan fingerprint density at radius 1 is 1.07 bits per heavy atom. The van der Waals surface area contributed by atoms with Crippen molar-refractivity contribution in [3.63, 3.8) is 0 Å². The molecule has 1 saturated heterocycles. The first-order chi connectivity index (χ1) is 13.2. The van der Waals surface area contributed by atoms with Crippen LogP contribution >= 0.6 is 24.0 Å². The van der Waals surface area contributed by atoms with Crippen LogP contribution in [0.5, 0.6) is 0 Å². The summed E-state index contributed by atoms with van der Waals surface area (Å²) in [6, 6.07) is 22.6. The minimum absolute atomic E-state index is 0.683. The van der Waals surface area contributed by atoms with Crippen molar-refractivity contribution in [2.75, 3.05) is 30.3 Å². The Kier molecular flexibility index (Phi) is 7.06. The Hall–Kier alpha value is -1.68. The predicted octanol–water partition coefficient (Wildman–Crippen LogP) is 3.97. The third-order valence-electron chi connectivity index (χ3n) is 4.86. The summed E-state index contributed by atoms with van der Waals surface area (Å²) >= 11 is 7.20. The largest absolute Gasteiger partial charge is 0.356 e. The number of nitriles is 1. The highest BCUT2D eigenvalue weighted by Crippen LogP contribution is 2.36. The van der Waals surface area contributed by atoms with Crippen molar-refractivity contribution < 1.29 is 4.21 Å². The second-order valence-electron chi connectivity index (χ2n) is 6.45. The highest BCUT2D eigenvalue weighted by Gasteiger charge is 2.34. The zero-order valence-corrected chi connectivity index (χ0v) is 17.5. The molecule has 1 heterocycles. The molecule has 0 bridgehead atoms. The van der Waals surface area contributed by atoms with Crippen LogP contribution in [0, 0.1) is 11.3 Å². The third-order valence-corrected chi connectivity index (χ3v) is 7.66. The molecule has 140 valence electrons. The van der Waals surface area contributed by atoms with Crippen molar-refractivity contribution in [2.24, 2.45) is 0 Å². The van der Waals surface area contributed by atoms with Gasteiger partial charge in [-0.25, -0.2) is 0 Å². The fourth-order valence-corrected chi connectivity index (χ4v) is 5.72. The molecular weight excluding hydrogens is 392 g/mol. The lowest BCUT2D eigenvalue weighted by Gasteiger charge is -2.30. The fraction of sp³-hybridized carbons (Fsp3) is 0.333. The molecule has 0 aliphatic carbocycles. The highest BCUT2D eigenvalue weighted by molar-refractivity contribution is 8.22. The molecule has 0 spiro atoms. The van der Waals surface area contributed by atoms with Gasteiger partial charge in [-0.2, -0.15) is 5.26 Å². The van der Waals surface area contributed by atoms with Gasteiger partial charge in [-0.3, -0.25) is 4.21 Å². The molecule has 0 N–H and O–H groups in total. The Morgan fingerprint density at radius 3 is 2.07 bits per heavy atom.